The zero-order valence-electron chi connectivity index (χ0n) is 10.9. The van der Waals surface area contributed by atoms with Gasteiger partial charge >= 0.3 is 0 Å². The quantitative estimate of drug-likeness (QED) is 0.809. The third kappa shape index (κ3) is 3.40. The number of rotatable bonds is 3. The number of thioether (sulfide) groups is 1. The molecule has 2 heteroatoms. The monoisotopic (exact) mass is 241 g/mol. The molecule has 0 bridgehead atoms. The first-order valence-electron chi connectivity index (χ1n) is 7.11. The second-order valence-corrected chi connectivity index (χ2v) is 7.03. The highest BCUT2D eigenvalue weighted by Crippen LogP contribution is 2.31. The summed E-state index contributed by atoms with van der Waals surface area (Å²) in [7, 11) is 0. The molecule has 1 saturated carbocycles. The van der Waals surface area contributed by atoms with Crippen LogP contribution in [0.15, 0.2) is 0 Å². The lowest BCUT2D eigenvalue weighted by atomic mass is 9.77. The summed E-state index contributed by atoms with van der Waals surface area (Å²) in [6.07, 6.45) is 8.61. The van der Waals surface area contributed by atoms with Gasteiger partial charge in [0.05, 0.1) is 0 Å². The lowest BCUT2D eigenvalue weighted by molar-refractivity contribution is 0.192. The first-order valence-corrected chi connectivity index (χ1v) is 8.26. The molecule has 94 valence electrons. The Morgan fingerprint density at radius 1 is 1.06 bits per heavy atom. The molecule has 1 aliphatic heterocycles. The van der Waals surface area contributed by atoms with Crippen LogP contribution in [0.4, 0.5) is 0 Å². The molecule has 1 N–H and O–H groups in total. The van der Waals surface area contributed by atoms with Crippen molar-refractivity contribution < 1.29 is 0 Å². The summed E-state index contributed by atoms with van der Waals surface area (Å²) < 4.78 is 0. The van der Waals surface area contributed by atoms with Crippen LogP contribution in [0.5, 0.6) is 0 Å². The van der Waals surface area contributed by atoms with Crippen molar-refractivity contribution in [1.29, 1.82) is 0 Å². The van der Waals surface area contributed by atoms with Gasteiger partial charge in [-0.05, 0) is 43.3 Å². The summed E-state index contributed by atoms with van der Waals surface area (Å²) in [5, 5.41) is 3.97. The SMILES string of the molecule is CC(C)C1CCCCC1NC1CCCSC1. The van der Waals surface area contributed by atoms with E-state index in [0.29, 0.717) is 0 Å². The lowest BCUT2D eigenvalue weighted by Crippen LogP contribution is -2.47. The second-order valence-electron chi connectivity index (χ2n) is 5.88. The molecule has 0 aromatic carbocycles. The Hall–Kier alpha value is 0.310. The van der Waals surface area contributed by atoms with Gasteiger partial charge in [-0.15, -0.1) is 0 Å². The van der Waals surface area contributed by atoms with Crippen LogP contribution < -0.4 is 5.32 Å². The Morgan fingerprint density at radius 3 is 2.56 bits per heavy atom. The zero-order valence-corrected chi connectivity index (χ0v) is 11.7. The molecule has 0 aromatic rings. The van der Waals surface area contributed by atoms with Crippen LogP contribution in [0, 0.1) is 11.8 Å². The Kier molecular flexibility index (Phi) is 5.02. The second kappa shape index (κ2) is 6.30. The maximum atomic E-state index is 3.97. The summed E-state index contributed by atoms with van der Waals surface area (Å²) in [6.45, 7) is 4.81. The molecule has 2 aliphatic rings. The van der Waals surface area contributed by atoms with Gasteiger partial charge in [0.2, 0.25) is 0 Å². The van der Waals surface area contributed by atoms with E-state index in [1.54, 1.807) is 0 Å². The minimum Gasteiger partial charge on any atom is -0.310 e. The molecule has 3 unspecified atom stereocenters. The van der Waals surface area contributed by atoms with E-state index in [1.807, 2.05) is 0 Å². The standard InChI is InChI=1S/C14H27NS/c1-11(2)13-7-3-4-8-14(13)15-12-6-5-9-16-10-12/h11-15H,3-10H2,1-2H3. The topological polar surface area (TPSA) is 12.0 Å². The number of hydrogen-bond donors (Lipinski definition) is 1. The van der Waals surface area contributed by atoms with Crippen LogP contribution in [0.1, 0.15) is 52.4 Å². The van der Waals surface area contributed by atoms with E-state index in [0.717, 1.165) is 23.9 Å². The Morgan fingerprint density at radius 2 is 1.88 bits per heavy atom. The average molecular weight is 241 g/mol. The van der Waals surface area contributed by atoms with Crippen molar-refractivity contribution in [2.75, 3.05) is 11.5 Å². The maximum Gasteiger partial charge on any atom is 0.0161 e. The Balaban J connectivity index is 1.85. The molecule has 0 aromatic heterocycles. The fourth-order valence-electron chi connectivity index (χ4n) is 3.34. The molecule has 1 heterocycles. The third-order valence-corrected chi connectivity index (χ3v) is 5.50. The van der Waals surface area contributed by atoms with Crippen LogP contribution in [-0.2, 0) is 0 Å². The molecule has 1 nitrogen and oxygen atoms in total. The summed E-state index contributed by atoms with van der Waals surface area (Å²) in [5.41, 5.74) is 0. The minimum absolute atomic E-state index is 0.808. The fourth-order valence-corrected chi connectivity index (χ4v) is 4.42. The van der Waals surface area contributed by atoms with Crippen LogP contribution in [0.2, 0.25) is 0 Å². The normalized spacial score (nSPS) is 36.6. The van der Waals surface area contributed by atoms with Crippen molar-refractivity contribution in [1.82, 2.24) is 5.32 Å². The van der Waals surface area contributed by atoms with Crippen LogP contribution in [0.25, 0.3) is 0 Å². The minimum atomic E-state index is 0.808. The molecular formula is C14H27NS. The maximum absolute atomic E-state index is 3.97. The van der Waals surface area contributed by atoms with E-state index >= 15 is 0 Å². The van der Waals surface area contributed by atoms with Crippen LogP contribution in [-0.4, -0.2) is 23.6 Å². The predicted octanol–water partition coefficient (Wildman–Crippen LogP) is 3.69. The third-order valence-electron chi connectivity index (χ3n) is 4.29. The largest absolute Gasteiger partial charge is 0.310 e. The first kappa shape index (κ1) is 12.8. The van der Waals surface area contributed by atoms with E-state index in [-0.39, 0.29) is 0 Å². The number of hydrogen-bond acceptors (Lipinski definition) is 2. The molecule has 0 radical (unpaired) electrons. The first-order chi connectivity index (χ1) is 7.77. The molecule has 3 atom stereocenters. The lowest BCUT2D eigenvalue weighted by Gasteiger charge is -2.38. The summed E-state index contributed by atoms with van der Waals surface area (Å²) in [5.74, 6) is 4.52. The van der Waals surface area contributed by atoms with E-state index in [9.17, 15) is 0 Å². The van der Waals surface area contributed by atoms with Crippen molar-refractivity contribution in [2.24, 2.45) is 11.8 Å². The van der Waals surface area contributed by atoms with Gasteiger partial charge in [0.1, 0.15) is 0 Å². The van der Waals surface area contributed by atoms with E-state index in [2.05, 4.69) is 30.9 Å². The fraction of sp³-hybridized carbons (Fsp3) is 1.00. The summed E-state index contributed by atoms with van der Waals surface area (Å²) in [4.78, 5) is 0. The van der Waals surface area contributed by atoms with Crippen molar-refractivity contribution in [3.63, 3.8) is 0 Å². The highest BCUT2D eigenvalue weighted by molar-refractivity contribution is 7.99. The zero-order chi connectivity index (χ0) is 11.4. The molecular weight excluding hydrogens is 214 g/mol. The predicted molar refractivity (Wildman–Crippen MR) is 74.1 cm³/mol. The van der Waals surface area contributed by atoms with Gasteiger partial charge in [-0.1, -0.05) is 26.7 Å². The highest BCUT2D eigenvalue weighted by Gasteiger charge is 2.29. The Labute approximate surface area is 105 Å². The van der Waals surface area contributed by atoms with Crippen LogP contribution in [0.3, 0.4) is 0 Å². The molecule has 16 heavy (non-hydrogen) atoms. The Bertz CT molecular complexity index is 199. The summed E-state index contributed by atoms with van der Waals surface area (Å²) in [6, 6.07) is 1.63. The molecule has 1 aliphatic carbocycles. The van der Waals surface area contributed by atoms with Gasteiger partial charge in [0.15, 0.2) is 0 Å². The van der Waals surface area contributed by atoms with Gasteiger partial charge in [0.25, 0.3) is 0 Å². The summed E-state index contributed by atoms with van der Waals surface area (Å²) >= 11 is 2.14. The molecule has 1 saturated heterocycles. The smallest absolute Gasteiger partial charge is 0.0161 e. The molecule has 2 rings (SSSR count). The van der Waals surface area contributed by atoms with Gasteiger partial charge in [-0.2, -0.15) is 11.8 Å². The van der Waals surface area contributed by atoms with Crippen molar-refractivity contribution in [3.8, 4) is 0 Å². The van der Waals surface area contributed by atoms with Gasteiger partial charge in [0, 0.05) is 17.8 Å². The van der Waals surface area contributed by atoms with Gasteiger partial charge < -0.3 is 5.32 Å². The van der Waals surface area contributed by atoms with Crippen molar-refractivity contribution >= 4 is 11.8 Å². The molecule has 0 amide bonds. The van der Waals surface area contributed by atoms with Crippen molar-refractivity contribution in [2.45, 2.75) is 64.5 Å². The molecule has 2 fully saturated rings. The van der Waals surface area contributed by atoms with Gasteiger partial charge in [-0.3, -0.25) is 0 Å². The van der Waals surface area contributed by atoms with E-state index in [1.165, 1.54) is 50.0 Å². The van der Waals surface area contributed by atoms with Crippen molar-refractivity contribution in [3.05, 3.63) is 0 Å². The number of nitrogens with one attached hydrogen (secondary N) is 1. The van der Waals surface area contributed by atoms with Gasteiger partial charge in [-0.25, -0.2) is 0 Å². The molecule has 0 spiro atoms. The van der Waals surface area contributed by atoms with E-state index in [4.69, 9.17) is 0 Å². The highest BCUT2D eigenvalue weighted by atomic mass is 32.2. The van der Waals surface area contributed by atoms with E-state index < -0.39 is 0 Å². The van der Waals surface area contributed by atoms with Crippen LogP contribution >= 0.6 is 11.8 Å². The average Bonchev–Trinajstić information content (AvgIpc) is 2.31.